The van der Waals surface area contributed by atoms with Crippen LogP contribution in [-0.2, 0) is 4.79 Å². The Bertz CT molecular complexity index is 700. The zero-order chi connectivity index (χ0) is 15.7. The van der Waals surface area contributed by atoms with Gasteiger partial charge in [-0.2, -0.15) is 0 Å². The van der Waals surface area contributed by atoms with Crippen molar-refractivity contribution >= 4 is 22.8 Å². The van der Waals surface area contributed by atoms with Crippen LogP contribution in [0.2, 0.25) is 0 Å². The van der Waals surface area contributed by atoms with E-state index in [4.69, 9.17) is 0 Å². The molecule has 3 heterocycles. The van der Waals surface area contributed by atoms with Gasteiger partial charge >= 0.3 is 0 Å². The predicted molar refractivity (Wildman–Crippen MR) is 82.2 cm³/mol. The van der Waals surface area contributed by atoms with Crippen molar-refractivity contribution in [2.24, 2.45) is 0 Å². The summed E-state index contributed by atoms with van der Waals surface area (Å²) in [4.78, 5) is 24.8. The highest BCUT2D eigenvalue weighted by atomic mass is 19.1. The first-order valence-electron chi connectivity index (χ1n) is 7.22. The number of halogens is 1. The highest BCUT2D eigenvalue weighted by Gasteiger charge is 2.35. The summed E-state index contributed by atoms with van der Waals surface area (Å²) in [5.74, 6) is 0.389. The number of carbonyl (C=O) groups is 1. The summed E-state index contributed by atoms with van der Waals surface area (Å²) in [6.07, 6.45) is 3.69. The molecule has 2 aromatic rings. The molecule has 0 aliphatic carbocycles. The lowest BCUT2D eigenvalue weighted by molar-refractivity contribution is -0.130. The molecule has 0 unspecified atom stereocenters. The lowest BCUT2D eigenvalue weighted by Gasteiger charge is -2.39. The Kier molecular flexibility index (Phi) is 3.79. The first-order chi connectivity index (χ1) is 10.6. The Morgan fingerprint density at radius 3 is 3.18 bits per heavy atom. The fraction of sp³-hybridized carbons (Fsp3) is 0.400. The molecule has 7 heteroatoms. The third-order valence-electron chi connectivity index (χ3n) is 4.06. The minimum atomic E-state index is -1.05. The van der Waals surface area contributed by atoms with Crippen LogP contribution in [-0.4, -0.2) is 50.6 Å². The maximum atomic E-state index is 14.4. The van der Waals surface area contributed by atoms with Crippen LogP contribution in [0.3, 0.4) is 0 Å². The summed E-state index contributed by atoms with van der Waals surface area (Å²) < 4.78 is 14.4. The van der Waals surface area contributed by atoms with Crippen molar-refractivity contribution in [2.75, 3.05) is 11.9 Å². The van der Waals surface area contributed by atoms with Gasteiger partial charge in [-0.25, -0.2) is 14.4 Å². The van der Waals surface area contributed by atoms with E-state index in [0.717, 1.165) is 5.39 Å². The number of nitrogens with zero attached hydrogens (tertiary/aromatic N) is 3. The standard InChI is InChI=1S/C15H18FN5O/c1-3-13(22)21-7-12(11(16)6-9(21)2)20-15-10-4-5-17-14(10)18-8-19-15/h3-5,8-9,11-12H,1,6-7H2,2H3,(H2,17,18,19,20)/t9-,11-,12-/m0/s1. The van der Waals surface area contributed by atoms with Crippen LogP contribution < -0.4 is 5.32 Å². The van der Waals surface area contributed by atoms with Crippen molar-refractivity contribution < 1.29 is 9.18 Å². The second-order valence-electron chi connectivity index (χ2n) is 5.51. The number of alkyl halides is 1. The number of aromatic amines is 1. The van der Waals surface area contributed by atoms with Crippen molar-refractivity contribution in [3.05, 3.63) is 31.2 Å². The third kappa shape index (κ3) is 2.54. The average Bonchev–Trinajstić information content (AvgIpc) is 2.98. The van der Waals surface area contributed by atoms with Crippen molar-refractivity contribution in [3.8, 4) is 0 Å². The third-order valence-corrected chi connectivity index (χ3v) is 4.06. The molecule has 1 aliphatic heterocycles. The normalized spacial score (nSPS) is 25.2. The van der Waals surface area contributed by atoms with Crippen molar-refractivity contribution in [2.45, 2.75) is 31.6 Å². The Labute approximate surface area is 127 Å². The van der Waals surface area contributed by atoms with Crippen LogP contribution in [0.5, 0.6) is 0 Å². The van der Waals surface area contributed by atoms with Crippen LogP contribution in [0.15, 0.2) is 31.2 Å². The summed E-state index contributed by atoms with van der Waals surface area (Å²) in [6, 6.07) is 1.19. The molecule has 6 nitrogen and oxygen atoms in total. The van der Waals surface area contributed by atoms with Crippen molar-refractivity contribution in [1.29, 1.82) is 0 Å². The van der Waals surface area contributed by atoms with Crippen LogP contribution in [0.1, 0.15) is 13.3 Å². The number of carbonyl (C=O) groups excluding carboxylic acids is 1. The van der Waals surface area contributed by atoms with Gasteiger partial charge in [0, 0.05) is 25.2 Å². The summed E-state index contributed by atoms with van der Waals surface area (Å²) in [6.45, 7) is 5.63. The number of anilines is 1. The number of hydrogen-bond donors (Lipinski definition) is 2. The maximum absolute atomic E-state index is 14.4. The zero-order valence-corrected chi connectivity index (χ0v) is 12.3. The molecule has 1 saturated heterocycles. The largest absolute Gasteiger partial charge is 0.362 e. The van der Waals surface area contributed by atoms with E-state index in [1.54, 1.807) is 11.1 Å². The molecule has 1 fully saturated rings. The van der Waals surface area contributed by atoms with Crippen LogP contribution in [0.25, 0.3) is 11.0 Å². The Balaban J connectivity index is 1.83. The molecule has 0 radical (unpaired) electrons. The summed E-state index contributed by atoms with van der Waals surface area (Å²) in [5, 5.41) is 3.92. The van der Waals surface area contributed by atoms with E-state index in [-0.39, 0.29) is 18.5 Å². The quantitative estimate of drug-likeness (QED) is 0.849. The Hall–Kier alpha value is -2.44. The van der Waals surface area contributed by atoms with Gasteiger partial charge in [-0.05, 0) is 19.1 Å². The van der Waals surface area contributed by atoms with Crippen LogP contribution in [0, 0.1) is 0 Å². The zero-order valence-electron chi connectivity index (χ0n) is 12.3. The first-order valence-corrected chi connectivity index (χ1v) is 7.22. The number of amides is 1. The summed E-state index contributed by atoms with van der Waals surface area (Å²) in [5.41, 5.74) is 0.691. The molecule has 3 rings (SSSR count). The van der Waals surface area contributed by atoms with Gasteiger partial charge in [0.2, 0.25) is 5.91 Å². The van der Waals surface area contributed by atoms with E-state index in [1.807, 2.05) is 13.0 Å². The number of fused-ring (bicyclic) bond motifs is 1. The number of nitrogens with one attached hydrogen (secondary N) is 2. The second-order valence-corrected chi connectivity index (χ2v) is 5.51. The minimum absolute atomic E-state index is 0.142. The molecule has 3 atom stereocenters. The highest BCUT2D eigenvalue weighted by Crippen LogP contribution is 2.25. The Morgan fingerprint density at radius 2 is 2.41 bits per heavy atom. The average molecular weight is 303 g/mol. The molecule has 0 aromatic carbocycles. The smallest absolute Gasteiger partial charge is 0.246 e. The van der Waals surface area contributed by atoms with Gasteiger partial charge in [0.05, 0.1) is 11.4 Å². The fourth-order valence-corrected chi connectivity index (χ4v) is 2.85. The number of hydrogen-bond acceptors (Lipinski definition) is 4. The molecule has 2 aromatic heterocycles. The van der Waals surface area contributed by atoms with Gasteiger partial charge in [-0.1, -0.05) is 6.58 Å². The molecule has 2 N–H and O–H groups in total. The number of rotatable bonds is 3. The van der Waals surface area contributed by atoms with Crippen molar-refractivity contribution in [1.82, 2.24) is 19.9 Å². The maximum Gasteiger partial charge on any atom is 0.246 e. The van der Waals surface area contributed by atoms with Crippen LogP contribution in [0.4, 0.5) is 10.2 Å². The van der Waals surface area contributed by atoms with E-state index in [9.17, 15) is 9.18 Å². The molecule has 0 spiro atoms. The molecule has 22 heavy (non-hydrogen) atoms. The molecule has 0 saturated carbocycles. The summed E-state index contributed by atoms with van der Waals surface area (Å²) in [7, 11) is 0. The van der Waals surface area contributed by atoms with E-state index < -0.39 is 12.2 Å². The molecule has 1 aliphatic rings. The number of aromatic nitrogens is 3. The van der Waals surface area contributed by atoms with Gasteiger partial charge in [-0.15, -0.1) is 0 Å². The van der Waals surface area contributed by atoms with E-state index in [1.165, 1.54) is 12.4 Å². The summed E-state index contributed by atoms with van der Waals surface area (Å²) >= 11 is 0. The lowest BCUT2D eigenvalue weighted by Crippen LogP contribution is -2.54. The van der Waals surface area contributed by atoms with Gasteiger partial charge < -0.3 is 15.2 Å². The molecule has 0 bridgehead atoms. The SMILES string of the molecule is C=CC(=O)N1C[C@H](Nc2ncnc3[nH]ccc23)[C@@H](F)C[C@@H]1C. The van der Waals surface area contributed by atoms with Gasteiger partial charge in [-0.3, -0.25) is 4.79 Å². The van der Waals surface area contributed by atoms with E-state index in [2.05, 4.69) is 26.8 Å². The lowest BCUT2D eigenvalue weighted by atomic mass is 9.97. The van der Waals surface area contributed by atoms with Crippen LogP contribution >= 0.6 is 0 Å². The van der Waals surface area contributed by atoms with E-state index in [0.29, 0.717) is 17.9 Å². The fourth-order valence-electron chi connectivity index (χ4n) is 2.85. The number of likely N-dealkylation sites (tertiary alicyclic amines) is 1. The first kappa shape index (κ1) is 14.5. The molecular weight excluding hydrogens is 285 g/mol. The topological polar surface area (TPSA) is 73.9 Å². The molecule has 1 amide bonds. The predicted octanol–water partition coefficient (Wildman–Crippen LogP) is 1.88. The van der Waals surface area contributed by atoms with Gasteiger partial charge in [0.25, 0.3) is 0 Å². The molecular formula is C15H18FN5O. The number of piperidine rings is 1. The van der Waals surface area contributed by atoms with Gasteiger partial charge in [0.1, 0.15) is 24.0 Å². The second kappa shape index (κ2) is 5.75. The number of H-pyrrole nitrogens is 1. The van der Waals surface area contributed by atoms with Crippen molar-refractivity contribution in [3.63, 3.8) is 0 Å². The monoisotopic (exact) mass is 303 g/mol. The highest BCUT2D eigenvalue weighted by molar-refractivity contribution is 5.88. The van der Waals surface area contributed by atoms with E-state index >= 15 is 0 Å². The Morgan fingerprint density at radius 1 is 1.59 bits per heavy atom. The van der Waals surface area contributed by atoms with Gasteiger partial charge in [0.15, 0.2) is 0 Å². The molecule has 116 valence electrons. The minimum Gasteiger partial charge on any atom is -0.362 e.